The second kappa shape index (κ2) is 3.22. The molecule has 0 saturated carbocycles. The van der Waals surface area contributed by atoms with E-state index in [1.165, 1.54) is 0 Å². The van der Waals surface area contributed by atoms with E-state index in [-0.39, 0.29) is 12.1 Å². The second-order valence-corrected chi connectivity index (χ2v) is 6.28. The zero-order valence-electron chi connectivity index (χ0n) is 7.65. The lowest BCUT2D eigenvalue weighted by atomic mass is 10.1. The maximum atomic E-state index is 11.0. The highest BCUT2D eigenvalue weighted by Crippen LogP contribution is 2.20. The highest BCUT2D eigenvalue weighted by atomic mass is 32.2. The van der Waals surface area contributed by atoms with Crippen molar-refractivity contribution in [1.29, 1.82) is 0 Å². The van der Waals surface area contributed by atoms with Crippen molar-refractivity contribution in [1.82, 2.24) is 4.90 Å². The molecule has 2 heterocycles. The third-order valence-corrected chi connectivity index (χ3v) is 4.68. The Bertz CT molecular complexity index is 277. The summed E-state index contributed by atoms with van der Waals surface area (Å²) in [6.07, 6.45) is 2.19. The zero-order valence-corrected chi connectivity index (χ0v) is 8.46. The number of likely N-dealkylation sites (tertiary alicyclic amines) is 1. The van der Waals surface area contributed by atoms with Gasteiger partial charge in [-0.1, -0.05) is 0 Å². The number of hydrogen-bond acceptors (Lipinski definition) is 4. The van der Waals surface area contributed by atoms with Gasteiger partial charge in [0.25, 0.3) is 0 Å². The van der Waals surface area contributed by atoms with Crippen LogP contribution in [-0.4, -0.2) is 50.0 Å². The molecule has 0 aliphatic carbocycles. The maximum Gasteiger partial charge on any atom is 0.153 e. The Labute approximate surface area is 79.0 Å². The van der Waals surface area contributed by atoms with E-state index in [9.17, 15) is 8.42 Å². The number of rotatable bonds is 1. The Balaban J connectivity index is 1.89. The molecule has 0 bridgehead atoms. The van der Waals surface area contributed by atoms with Crippen molar-refractivity contribution < 1.29 is 8.42 Å². The summed E-state index contributed by atoms with van der Waals surface area (Å²) in [6.45, 7) is 1.90. The highest BCUT2D eigenvalue weighted by Gasteiger charge is 2.38. The predicted octanol–water partition coefficient (Wildman–Crippen LogP) is -0.793. The summed E-state index contributed by atoms with van der Waals surface area (Å²) in [6, 6.07) is 0.508. The molecule has 4 nitrogen and oxygen atoms in total. The fraction of sp³-hybridized carbons (Fsp3) is 1.00. The smallest absolute Gasteiger partial charge is 0.153 e. The molecule has 5 heteroatoms. The third kappa shape index (κ3) is 2.03. The van der Waals surface area contributed by atoms with E-state index in [2.05, 4.69) is 4.90 Å². The van der Waals surface area contributed by atoms with Gasteiger partial charge in [0.05, 0.1) is 11.5 Å². The molecule has 2 saturated heterocycles. The summed E-state index contributed by atoms with van der Waals surface area (Å²) in [5.74, 6) is 0.694. The molecule has 0 spiro atoms. The molecule has 13 heavy (non-hydrogen) atoms. The summed E-state index contributed by atoms with van der Waals surface area (Å²) in [5, 5.41) is 0. The van der Waals surface area contributed by atoms with Crippen LogP contribution in [-0.2, 0) is 9.84 Å². The largest absolute Gasteiger partial charge is 0.327 e. The molecule has 76 valence electrons. The molecule has 2 fully saturated rings. The lowest BCUT2D eigenvalue weighted by Gasteiger charge is -2.40. The van der Waals surface area contributed by atoms with E-state index < -0.39 is 9.84 Å². The Morgan fingerprint density at radius 1 is 1.31 bits per heavy atom. The van der Waals surface area contributed by atoms with Crippen molar-refractivity contribution in [3.8, 4) is 0 Å². The highest BCUT2D eigenvalue weighted by molar-refractivity contribution is 7.92. The van der Waals surface area contributed by atoms with Crippen LogP contribution in [0.3, 0.4) is 0 Å². The molecule has 1 unspecified atom stereocenters. The Morgan fingerprint density at radius 3 is 2.54 bits per heavy atom. The van der Waals surface area contributed by atoms with Crippen LogP contribution >= 0.6 is 0 Å². The molecule has 1 atom stereocenters. The van der Waals surface area contributed by atoms with Crippen LogP contribution in [0, 0.1) is 0 Å². The summed E-state index contributed by atoms with van der Waals surface area (Å²) in [4.78, 5) is 2.23. The molecule has 2 aliphatic heterocycles. The number of hydrogen-bond donors (Lipinski definition) is 1. The maximum absolute atomic E-state index is 11.0. The standard InChI is InChI=1S/C8H16N2O2S/c9-7-2-1-3-10(4-7)8-5-13(11,12)6-8/h7-8H,1-6,9H2. The van der Waals surface area contributed by atoms with Crippen molar-refractivity contribution >= 4 is 9.84 Å². The van der Waals surface area contributed by atoms with Crippen LogP contribution < -0.4 is 5.73 Å². The molecule has 2 rings (SSSR count). The van der Waals surface area contributed by atoms with E-state index in [1.54, 1.807) is 0 Å². The third-order valence-electron chi connectivity index (χ3n) is 2.90. The van der Waals surface area contributed by atoms with Crippen molar-refractivity contribution in [2.75, 3.05) is 24.6 Å². The SMILES string of the molecule is NC1CCCN(C2CS(=O)(=O)C2)C1. The first-order valence-corrected chi connectivity index (χ1v) is 6.59. The van der Waals surface area contributed by atoms with Crippen LogP contribution in [0.5, 0.6) is 0 Å². The van der Waals surface area contributed by atoms with Crippen LogP contribution in [0.1, 0.15) is 12.8 Å². The first-order chi connectivity index (χ1) is 6.07. The topological polar surface area (TPSA) is 63.4 Å². The number of nitrogens with two attached hydrogens (primary N) is 1. The van der Waals surface area contributed by atoms with Crippen LogP contribution in [0.15, 0.2) is 0 Å². The zero-order chi connectivity index (χ0) is 9.47. The molecule has 0 radical (unpaired) electrons. The lowest BCUT2D eigenvalue weighted by Crippen LogP contribution is -2.57. The molecule has 2 aliphatic rings. The molecule has 0 amide bonds. The van der Waals surface area contributed by atoms with Crippen molar-refractivity contribution in [2.45, 2.75) is 24.9 Å². The Morgan fingerprint density at radius 2 is 2.00 bits per heavy atom. The monoisotopic (exact) mass is 204 g/mol. The van der Waals surface area contributed by atoms with Crippen LogP contribution in [0.2, 0.25) is 0 Å². The van der Waals surface area contributed by atoms with Gasteiger partial charge in [0.15, 0.2) is 9.84 Å². The van der Waals surface area contributed by atoms with Gasteiger partial charge in [-0.3, -0.25) is 4.90 Å². The Kier molecular flexibility index (Phi) is 2.33. The second-order valence-electron chi connectivity index (χ2n) is 4.13. The minimum Gasteiger partial charge on any atom is -0.327 e. The average molecular weight is 204 g/mol. The Hall–Kier alpha value is -0.130. The molecule has 0 aromatic rings. The average Bonchev–Trinajstić information content (AvgIpc) is 2.00. The van der Waals surface area contributed by atoms with E-state index in [4.69, 9.17) is 5.73 Å². The summed E-state index contributed by atoms with van der Waals surface area (Å²) < 4.78 is 21.9. The van der Waals surface area contributed by atoms with Crippen molar-refractivity contribution in [3.63, 3.8) is 0 Å². The van der Waals surface area contributed by atoms with Gasteiger partial charge in [-0.15, -0.1) is 0 Å². The van der Waals surface area contributed by atoms with Crippen molar-refractivity contribution in [2.24, 2.45) is 5.73 Å². The molecule has 0 aromatic carbocycles. The first-order valence-electron chi connectivity index (χ1n) is 4.77. The minimum absolute atomic E-state index is 0.247. The molecule has 2 N–H and O–H groups in total. The van der Waals surface area contributed by atoms with Crippen molar-refractivity contribution in [3.05, 3.63) is 0 Å². The summed E-state index contributed by atoms with van der Waals surface area (Å²) in [7, 11) is -2.68. The minimum atomic E-state index is -2.68. The summed E-state index contributed by atoms with van der Waals surface area (Å²) >= 11 is 0. The van der Waals surface area contributed by atoms with E-state index in [0.717, 1.165) is 25.9 Å². The van der Waals surface area contributed by atoms with Crippen LogP contribution in [0.4, 0.5) is 0 Å². The van der Waals surface area contributed by atoms with Gasteiger partial charge in [0, 0.05) is 18.6 Å². The van der Waals surface area contributed by atoms with E-state index in [0.29, 0.717) is 11.5 Å². The van der Waals surface area contributed by atoms with Gasteiger partial charge in [-0.05, 0) is 19.4 Å². The lowest BCUT2D eigenvalue weighted by molar-refractivity contribution is 0.163. The molecule has 0 aromatic heterocycles. The van der Waals surface area contributed by atoms with E-state index in [1.807, 2.05) is 0 Å². The van der Waals surface area contributed by atoms with Gasteiger partial charge >= 0.3 is 0 Å². The fourth-order valence-corrected chi connectivity index (χ4v) is 3.62. The first kappa shape index (κ1) is 9.43. The van der Waals surface area contributed by atoms with E-state index >= 15 is 0 Å². The quantitative estimate of drug-likeness (QED) is 0.608. The molecular weight excluding hydrogens is 188 g/mol. The normalized spacial score (nSPS) is 35.6. The van der Waals surface area contributed by atoms with Gasteiger partial charge in [0.2, 0.25) is 0 Å². The number of piperidine rings is 1. The van der Waals surface area contributed by atoms with Gasteiger partial charge < -0.3 is 5.73 Å². The summed E-state index contributed by atoms with van der Waals surface area (Å²) in [5.41, 5.74) is 5.82. The predicted molar refractivity (Wildman–Crippen MR) is 51.2 cm³/mol. The molecular formula is C8H16N2O2S. The van der Waals surface area contributed by atoms with Gasteiger partial charge in [0.1, 0.15) is 0 Å². The fourth-order valence-electron chi connectivity index (χ4n) is 2.12. The number of nitrogens with zero attached hydrogens (tertiary/aromatic N) is 1. The van der Waals surface area contributed by atoms with Crippen LogP contribution in [0.25, 0.3) is 0 Å². The van der Waals surface area contributed by atoms with Gasteiger partial charge in [-0.2, -0.15) is 0 Å². The van der Waals surface area contributed by atoms with Gasteiger partial charge in [-0.25, -0.2) is 8.42 Å². The number of sulfone groups is 1.